The topological polar surface area (TPSA) is 59.3 Å². The predicted molar refractivity (Wildman–Crippen MR) is 103 cm³/mol. The smallest absolute Gasteiger partial charge is 0.225 e. The zero-order valence-corrected chi connectivity index (χ0v) is 15.8. The summed E-state index contributed by atoms with van der Waals surface area (Å²) in [6.07, 6.45) is 9.24. The van der Waals surface area contributed by atoms with Crippen molar-refractivity contribution in [2.75, 3.05) is 31.2 Å². The van der Waals surface area contributed by atoms with Crippen molar-refractivity contribution in [3.05, 3.63) is 41.5 Å². The second-order valence-corrected chi connectivity index (χ2v) is 7.68. The number of aromatic nitrogens is 4. The quantitative estimate of drug-likeness (QED) is 0.827. The fourth-order valence-electron chi connectivity index (χ4n) is 4.72. The van der Waals surface area contributed by atoms with Gasteiger partial charge < -0.3 is 9.64 Å². The number of fused-ring (bicyclic) bond motifs is 4. The van der Waals surface area contributed by atoms with Gasteiger partial charge in [-0.15, -0.1) is 0 Å². The second-order valence-electron chi connectivity index (χ2n) is 7.68. The zero-order valence-electron chi connectivity index (χ0n) is 15.8. The lowest BCUT2D eigenvalue weighted by Gasteiger charge is -2.36. The maximum Gasteiger partial charge on any atom is 0.225 e. The lowest BCUT2D eigenvalue weighted by Crippen LogP contribution is -2.40. The Morgan fingerprint density at radius 2 is 2.11 bits per heavy atom. The first-order valence-electron chi connectivity index (χ1n) is 9.84. The van der Waals surface area contributed by atoms with Gasteiger partial charge in [-0.25, -0.2) is 14.6 Å². The van der Waals surface area contributed by atoms with E-state index in [2.05, 4.69) is 34.6 Å². The molecule has 0 aliphatic carbocycles. The summed E-state index contributed by atoms with van der Waals surface area (Å²) in [6.45, 7) is 10.2. The van der Waals surface area contributed by atoms with E-state index >= 15 is 0 Å². The minimum Gasteiger partial charge on any atom is -0.378 e. The molecule has 0 spiro atoms. The molecule has 27 heavy (non-hydrogen) atoms. The van der Waals surface area contributed by atoms with Gasteiger partial charge in [0.15, 0.2) is 0 Å². The molecule has 142 valence electrons. The van der Waals surface area contributed by atoms with E-state index in [0.717, 1.165) is 45.2 Å². The van der Waals surface area contributed by atoms with E-state index in [1.54, 1.807) is 6.20 Å². The SMILES string of the molecule is C=Cn1ncc(CN2[C@H]3CC[C@H]2c2cnc(N4CCOCC4)nc2C3)c1C. The molecule has 2 atom stereocenters. The van der Waals surface area contributed by atoms with Crippen LogP contribution in [0.25, 0.3) is 6.20 Å². The van der Waals surface area contributed by atoms with Crippen molar-refractivity contribution in [1.82, 2.24) is 24.6 Å². The van der Waals surface area contributed by atoms with Crippen LogP contribution in [0.5, 0.6) is 0 Å². The molecule has 2 aromatic rings. The van der Waals surface area contributed by atoms with Crippen LogP contribution in [0.4, 0.5) is 5.95 Å². The molecular weight excluding hydrogens is 340 g/mol. The first-order valence-corrected chi connectivity index (χ1v) is 9.84. The van der Waals surface area contributed by atoms with Crippen molar-refractivity contribution < 1.29 is 4.74 Å². The molecule has 0 saturated carbocycles. The molecule has 3 aliphatic rings. The number of ether oxygens (including phenoxy) is 1. The minimum absolute atomic E-state index is 0.420. The Kier molecular flexibility index (Phi) is 4.21. The van der Waals surface area contributed by atoms with Crippen LogP contribution in [0, 0.1) is 6.92 Å². The third-order valence-electron chi connectivity index (χ3n) is 6.28. The summed E-state index contributed by atoms with van der Waals surface area (Å²) in [5, 5.41) is 4.41. The van der Waals surface area contributed by atoms with Gasteiger partial charge in [0.05, 0.1) is 25.1 Å². The Hall–Kier alpha value is -2.25. The van der Waals surface area contributed by atoms with Gasteiger partial charge in [0.1, 0.15) is 0 Å². The molecule has 2 fully saturated rings. The average Bonchev–Trinajstić information content (AvgIpc) is 3.20. The van der Waals surface area contributed by atoms with Crippen LogP contribution < -0.4 is 4.90 Å². The number of nitrogens with zero attached hydrogens (tertiary/aromatic N) is 6. The van der Waals surface area contributed by atoms with Crippen molar-refractivity contribution in [3.63, 3.8) is 0 Å². The molecule has 2 saturated heterocycles. The van der Waals surface area contributed by atoms with Crippen LogP contribution in [0.2, 0.25) is 0 Å². The summed E-state index contributed by atoms with van der Waals surface area (Å²) >= 11 is 0. The first-order chi connectivity index (χ1) is 13.2. The molecule has 7 nitrogen and oxygen atoms in total. The number of morpholine rings is 1. The highest BCUT2D eigenvalue weighted by Crippen LogP contribution is 2.44. The van der Waals surface area contributed by atoms with Crippen LogP contribution in [0.1, 0.15) is 41.4 Å². The fourth-order valence-corrected chi connectivity index (χ4v) is 4.72. The third kappa shape index (κ3) is 2.85. The van der Waals surface area contributed by atoms with Gasteiger partial charge in [-0.1, -0.05) is 6.58 Å². The van der Waals surface area contributed by atoms with Gasteiger partial charge in [0.2, 0.25) is 5.95 Å². The molecular formula is C20H26N6O. The van der Waals surface area contributed by atoms with E-state index in [4.69, 9.17) is 14.7 Å². The highest BCUT2D eigenvalue weighted by molar-refractivity contribution is 5.38. The van der Waals surface area contributed by atoms with E-state index in [9.17, 15) is 0 Å². The van der Waals surface area contributed by atoms with E-state index in [1.807, 2.05) is 10.9 Å². The molecule has 7 heteroatoms. The van der Waals surface area contributed by atoms with Crippen LogP contribution in [-0.4, -0.2) is 57.0 Å². The number of hydrogen-bond acceptors (Lipinski definition) is 6. The zero-order chi connectivity index (χ0) is 18.4. The van der Waals surface area contributed by atoms with E-state index in [-0.39, 0.29) is 0 Å². The fraction of sp³-hybridized carbons (Fsp3) is 0.550. The van der Waals surface area contributed by atoms with Gasteiger partial charge in [-0.05, 0) is 19.8 Å². The molecule has 2 aromatic heterocycles. The minimum atomic E-state index is 0.420. The summed E-state index contributed by atoms with van der Waals surface area (Å²) < 4.78 is 7.31. The Balaban J connectivity index is 1.40. The average molecular weight is 366 g/mol. The summed E-state index contributed by atoms with van der Waals surface area (Å²) in [5.41, 5.74) is 5.01. The molecule has 0 amide bonds. The largest absolute Gasteiger partial charge is 0.378 e. The number of rotatable bonds is 4. The lowest BCUT2D eigenvalue weighted by atomic mass is 9.98. The van der Waals surface area contributed by atoms with Crippen molar-refractivity contribution in [2.45, 2.75) is 44.8 Å². The molecule has 0 aromatic carbocycles. The Bertz CT molecular complexity index is 856. The van der Waals surface area contributed by atoms with Gasteiger partial charge in [0, 0.05) is 67.4 Å². The van der Waals surface area contributed by atoms with Crippen molar-refractivity contribution in [3.8, 4) is 0 Å². The first kappa shape index (κ1) is 16.9. The molecule has 5 heterocycles. The summed E-state index contributed by atoms with van der Waals surface area (Å²) in [4.78, 5) is 14.5. The predicted octanol–water partition coefficient (Wildman–Crippen LogP) is 2.18. The molecule has 0 N–H and O–H groups in total. The van der Waals surface area contributed by atoms with E-state index < -0.39 is 0 Å². The van der Waals surface area contributed by atoms with Crippen LogP contribution in [-0.2, 0) is 17.7 Å². The maximum atomic E-state index is 5.45. The molecule has 5 rings (SSSR count). The Morgan fingerprint density at radius 3 is 2.89 bits per heavy atom. The Morgan fingerprint density at radius 1 is 1.26 bits per heavy atom. The third-order valence-corrected chi connectivity index (χ3v) is 6.28. The van der Waals surface area contributed by atoms with Crippen LogP contribution in [0.15, 0.2) is 19.0 Å². The molecule has 0 unspecified atom stereocenters. The van der Waals surface area contributed by atoms with Gasteiger partial charge in [-0.2, -0.15) is 5.10 Å². The van der Waals surface area contributed by atoms with Crippen molar-refractivity contribution in [2.24, 2.45) is 0 Å². The van der Waals surface area contributed by atoms with Gasteiger partial charge in [0.25, 0.3) is 0 Å². The molecule has 2 bridgehead atoms. The van der Waals surface area contributed by atoms with Crippen molar-refractivity contribution in [1.29, 1.82) is 0 Å². The highest BCUT2D eigenvalue weighted by atomic mass is 16.5. The summed E-state index contributed by atoms with van der Waals surface area (Å²) in [5.74, 6) is 0.869. The van der Waals surface area contributed by atoms with Crippen LogP contribution >= 0.6 is 0 Å². The summed E-state index contributed by atoms with van der Waals surface area (Å²) in [6, 6.07) is 0.977. The number of hydrogen-bond donors (Lipinski definition) is 0. The van der Waals surface area contributed by atoms with E-state index in [0.29, 0.717) is 12.1 Å². The van der Waals surface area contributed by atoms with Crippen LogP contribution in [0.3, 0.4) is 0 Å². The monoisotopic (exact) mass is 366 g/mol. The van der Waals surface area contributed by atoms with Gasteiger partial charge >= 0.3 is 0 Å². The number of anilines is 1. The molecule has 3 aliphatic heterocycles. The Labute approximate surface area is 159 Å². The lowest BCUT2D eigenvalue weighted by molar-refractivity contribution is 0.122. The highest BCUT2D eigenvalue weighted by Gasteiger charge is 2.41. The maximum absolute atomic E-state index is 5.45. The second kappa shape index (κ2) is 6.73. The normalized spacial score (nSPS) is 24.9. The van der Waals surface area contributed by atoms with E-state index in [1.165, 1.54) is 35.4 Å². The molecule has 0 radical (unpaired) electrons. The van der Waals surface area contributed by atoms with Crippen molar-refractivity contribution >= 4 is 12.1 Å². The summed E-state index contributed by atoms with van der Waals surface area (Å²) in [7, 11) is 0. The standard InChI is InChI=1S/C20H26N6O/c1-3-26-14(2)15(11-22-26)13-25-16-4-5-19(25)17-12-21-20(23-18(17)10-16)24-6-8-27-9-7-24/h3,11-12,16,19H,1,4-10,13H2,2H3/t16-,19-/m0/s1. The van der Waals surface area contributed by atoms with Gasteiger partial charge in [-0.3, -0.25) is 4.90 Å².